The van der Waals surface area contributed by atoms with Gasteiger partial charge in [-0.1, -0.05) is 56.3 Å². The number of nitrogens with two attached hydrogens (primary N) is 1. The van der Waals surface area contributed by atoms with Crippen LogP contribution in [0.5, 0.6) is 5.75 Å². The van der Waals surface area contributed by atoms with Crippen molar-refractivity contribution in [2.24, 2.45) is 29.4 Å². The maximum absolute atomic E-state index is 14.3. The summed E-state index contributed by atoms with van der Waals surface area (Å²) in [6.45, 7) is 7.12. The van der Waals surface area contributed by atoms with Crippen molar-refractivity contribution in [1.82, 2.24) is 9.80 Å². The van der Waals surface area contributed by atoms with Gasteiger partial charge in [-0.05, 0) is 97.9 Å². The Morgan fingerprint density at radius 3 is 2.19 bits per heavy atom. The topological polar surface area (TPSA) is 158 Å². The van der Waals surface area contributed by atoms with Gasteiger partial charge in [0.2, 0.25) is 5.91 Å². The Bertz CT molecular complexity index is 1850. The van der Waals surface area contributed by atoms with E-state index in [4.69, 9.17) is 5.73 Å². The number of Topliss-reactive ketones (excluding diaryl/α,β-unsaturated/α-hetero) is 4. The molecule has 252 valence electrons. The van der Waals surface area contributed by atoms with E-state index in [1.54, 1.807) is 20.2 Å². The van der Waals surface area contributed by atoms with Crippen LogP contribution in [0.1, 0.15) is 54.6 Å². The third-order valence-corrected chi connectivity index (χ3v) is 10.7. The molecule has 0 spiro atoms. The van der Waals surface area contributed by atoms with Crippen LogP contribution in [0.15, 0.2) is 48.5 Å². The van der Waals surface area contributed by atoms with Crippen molar-refractivity contribution in [3.8, 4) is 16.9 Å². The number of benzene rings is 3. The Morgan fingerprint density at radius 2 is 1.56 bits per heavy atom. The molecule has 0 aliphatic heterocycles. The zero-order chi connectivity index (χ0) is 34.7. The standard InChI is InChI=1S/C38H43N3O7/c1-5-15-41(16-6-2)19-20-11-12-24(23-10-8-7-9-22(20)23)25-13-14-28(42)30-26(25)17-21-18-27-32(40(3)4)34(44)31(37(39)47)36(46)38(27,48)35(45)29(21)33(30)43/h7-14,21,27,29,31-32,42,48H,5-6,15-19H2,1-4H3,(H2,39,47)/t21-,27-,29?,31?,32-,38-/m1/s1. The number of nitrogens with zero attached hydrogens (tertiary/aromatic N) is 2. The van der Waals surface area contributed by atoms with E-state index in [1.165, 1.54) is 16.5 Å². The van der Waals surface area contributed by atoms with E-state index in [0.29, 0.717) is 5.56 Å². The largest absolute Gasteiger partial charge is 0.507 e. The number of carbonyl (C=O) groups is 5. The first kappa shape index (κ1) is 33.6. The lowest BCUT2D eigenvalue weighted by atomic mass is 9.52. The SMILES string of the molecule is CCCN(CCC)Cc1ccc(-c2ccc(O)c3c2C[C@@H]2C[C@@H]4[C@@H](N(C)C)C(=O)C(C(N)=O)C(=O)[C@]4(O)C(=O)C2C3=O)c2ccccc12. The van der Waals surface area contributed by atoms with Gasteiger partial charge in [0.1, 0.15) is 5.75 Å². The number of fused-ring (bicyclic) bond motifs is 4. The van der Waals surface area contributed by atoms with E-state index in [-0.39, 0.29) is 24.2 Å². The predicted octanol–water partition coefficient (Wildman–Crippen LogP) is 3.31. The van der Waals surface area contributed by atoms with Gasteiger partial charge in [0.25, 0.3) is 0 Å². The Balaban J connectivity index is 1.46. The van der Waals surface area contributed by atoms with Gasteiger partial charge < -0.3 is 15.9 Å². The lowest BCUT2D eigenvalue weighted by Crippen LogP contribution is -2.74. The van der Waals surface area contributed by atoms with Crippen LogP contribution in [0.25, 0.3) is 21.9 Å². The average Bonchev–Trinajstić information content (AvgIpc) is 3.03. The molecule has 0 saturated heterocycles. The minimum Gasteiger partial charge on any atom is -0.507 e. The van der Waals surface area contributed by atoms with Crippen LogP contribution < -0.4 is 5.73 Å². The monoisotopic (exact) mass is 653 g/mol. The molecule has 0 radical (unpaired) electrons. The normalized spacial score (nSPS) is 26.9. The summed E-state index contributed by atoms with van der Waals surface area (Å²) in [6.07, 6.45) is 2.31. The molecular weight excluding hydrogens is 610 g/mol. The summed E-state index contributed by atoms with van der Waals surface area (Å²) in [4.78, 5) is 71.6. The molecule has 2 saturated carbocycles. The number of hydrogen-bond donors (Lipinski definition) is 3. The van der Waals surface area contributed by atoms with E-state index >= 15 is 0 Å². The fraction of sp³-hybridized carbons (Fsp3) is 0.447. The number of aromatic hydroxyl groups is 1. The lowest BCUT2D eigenvalue weighted by molar-refractivity contribution is -0.181. The van der Waals surface area contributed by atoms with Gasteiger partial charge in [0, 0.05) is 12.5 Å². The van der Waals surface area contributed by atoms with E-state index < -0.39 is 64.4 Å². The number of phenolic OH excluding ortho intramolecular Hbond substituents is 1. The number of primary amides is 1. The number of amides is 1. The molecule has 3 aliphatic rings. The Kier molecular flexibility index (Phi) is 8.87. The summed E-state index contributed by atoms with van der Waals surface area (Å²) < 4.78 is 0. The first-order chi connectivity index (χ1) is 22.9. The smallest absolute Gasteiger partial charge is 0.235 e. The summed E-state index contributed by atoms with van der Waals surface area (Å²) in [7, 11) is 3.15. The van der Waals surface area contributed by atoms with Gasteiger partial charge in [0.15, 0.2) is 34.7 Å². The van der Waals surface area contributed by atoms with Crippen LogP contribution in [0.3, 0.4) is 0 Å². The number of ketones is 4. The second kappa shape index (κ2) is 12.7. The molecule has 10 nitrogen and oxygen atoms in total. The molecule has 2 unspecified atom stereocenters. The molecule has 1 amide bonds. The highest BCUT2D eigenvalue weighted by Crippen LogP contribution is 2.52. The van der Waals surface area contributed by atoms with E-state index in [9.17, 15) is 34.2 Å². The van der Waals surface area contributed by atoms with Gasteiger partial charge in [0.05, 0.1) is 17.5 Å². The third-order valence-electron chi connectivity index (χ3n) is 10.7. The van der Waals surface area contributed by atoms with Crippen LogP contribution in [-0.4, -0.2) is 87.9 Å². The predicted molar refractivity (Wildman–Crippen MR) is 180 cm³/mol. The molecule has 3 aromatic carbocycles. The van der Waals surface area contributed by atoms with E-state index in [2.05, 4.69) is 30.9 Å². The lowest BCUT2D eigenvalue weighted by Gasteiger charge is -2.52. The molecule has 6 rings (SSSR count). The molecule has 6 atom stereocenters. The summed E-state index contributed by atoms with van der Waals surface area (Å²) in [5.74, 6) is -10.6. The first-order valence-electron chi connectivity index (χ1n) is 16.8. The number of phenols is 1. The van der Waals surface area contributed by atoms with Crippen LogP contribution in [0.2, 0.25) is 0 Å². The highest BCUT2D eigenvalue weighted by atomic mass is 16.3. The second-order valence-corrected chi connectivity index (χ2v) is 13.9. The van der Waals surface area contributed by atoms with E-state index in [1.807, 2.05) is 24.3 Å². The first-order valence-corrected chi connectivity index (χ1v) is 16.8. The molecule has 0 heterocycles. The molecule has 3 aliphatic carbocycles. The second-order valence-electron chi connectivity index (χ2n) is 13.9. The Morgan fingerprint density at radius 1 is 0.917 bits per heavy atom. The summed E-state index contributed by atoms with van der Waals surface area (Å²) in [5.41, 5.74) is 6.07. The van der Waals surface area contributed by atoms with Crippen LogP contribution in [0.4, 0.5) is 0 Å². The fourth-order valence-electron chi connectivity index (χ4n) is 8.73. The minimum atomic E-state index is -2.75. The highest BCUT2D eigenvalue weighted by Gasteiger charge is 2.69. The summed E-state index contributed by atoms with van der Waals surface area (Å²) in [5, 5.41) is 25.0. The van der Waals surface area contributed by atoms with Gasteiger partial charge >= 0.3 is 0 Å². The zero-order valence-electron chi connectivity index (χ0n) is 27.9. The molecule has 3 aromatic rings. The fourth-order valence-corrected chi connectivity index (χ4v) is 8.73. The van der Waals surface area contributed by atoms with Crippen LogP contribution >= 0.6 is 0 Å². The zero-order valence-corrected chi connectivity index (χ0v) is 27.9. The van der Waals surface area contributed by atoms with Gasteiger partial charge in [-0.25, -0.2) is 0 Å². The van der Waals surface area contributed by atoms with Gasteiger partial charge in [-0.15, -0.1) is 0 Å². The number of hydrogen-bond acceptors (Lipinski definition) is 9. The molecule has 10 heteroatoms. The molecular formula is C38H43N3O7. The van der Waals surface area contributed by atoms with Crippen molar-refractivity contribution < 1.29 is 34.2 Å². The highest BCUT2D eigenvalue weighted by molar-refractivity contribution is 6.32. The van der Waals surface area contributed by atoms with Crippen molar-refractivity contribution in [3.63, 3.8) is 0 Å². The van der Waals surface area contributed by atoms with E-state index in [0.717, 1.165) is 54.4 Å². The number of likely N-dealkylation sites (N-methyl/N-ethyl adjacent to an activating group) is 1. The van der Waals surface area contributed by atoms with Crippen molar-refractivity contribution in [3.05, 3.63) is 65.2 Å². The summed E-state index contributed by atoms with van der Waals surface area (Å²) >= 11 is 0. The van der Waals surface area contributed by atoms with Gasteiger partial charge in [-0.3, -0.25) is 33.8 Å². The number of aliphatic hydroxyl groups is 1. The maximum atomic E-state index is 14.3. The van der Waals surface area contributed by atoms with Crippen molar-refractivity contribution >= 4 is 39.8 Å². The summed E-state index contributed by atoms with van der Waals surface area (Å²) in [6, 6.07) is 14.4. The van der Waals surface area contributed by atoms with Gasteiger partial charge in [-0.2, -0.15) is 0 Å². The Labute approximate surface area is 279 Å². The molecule has 0 bridgehead atoms. The Hall–Kier alpha value is -4.25. The molecule has 2 fully saturated rings. The number of carbonyl (C=O) groups excluding carboxylic acids is 5. The average molecular weight is 654 g/mol. The number of rotatable bonds is 9. The molecule has 0 aromatic heterocycles. The van der Waals surface area contributed by atoms with Crippen LogP contribution in [-0.2, 0) is 32.1 Å². The minimum absolute atomic E-state index is 0.00334. The van der Waals surface area contributed by atoms with Crippen molar-refractivity contribution in [1.29, 1.82) is 0 Å². The molecule has 48 heavy (non-hydrogen) atoms. The quantitative estimate of drug-likeness (QED) is 0.295. The van der Waals surface area contributed by atoms with Crippen molar-refractivity contribution in [2.45, 2.75) is 57.7 Å². The van der Waals surface area contributed by atoms with Crippen molar-refractivity contribution in [2.75, 3.05) is 27.2 Å². The third kappa shape index (κ3) is 5.09. The molecule has 4 N–H and O–H groups in total. The van der Waals surface area contributed by atoms with Crippen LogP contribution in [0, 0.1) is 23.7 Å². The maximum Gasteiger partial charge on any atom is 0.235 e.